The fourth-order valence-corrected chi connectivity index (χ4v) is 7.82. The topological polar surface area (TPSA) is 34.6 Å². The summed E-state index contributed by atoms with van der Waals surface area (Å²) in [4.78, 5) is 9.09. The monoisotopic (exact) mass is 781 g/mol. The summed E-state index contributed by atoms with van der Waals surface area (Å²) in [6, 6.07) is 85.8. The van der Waals surface area contributed by atoms with Crippen LogP contribution in [0.4, 0.5) is 56.9 Å². The van der Waals surface area contributed by atoms with Crippen LogP contribution in [0.2, 0.25) is 0 Å². The molecule has 8 aromatic carbocycles. The van der Waals surface area contributed by atoms with E-state index in [-0.39, 0.29) is 0 Å². The lowest BCUT2D eigenvalue weighted by Gasteiger charge is -2.28. The van der Waals surface area contributed by atoms with E-state index in [1.807, 2.05) is 66.9 Å². The average molecular weight is 782 g/mol. The molecular formula is C53H44N5P. The molecule has 0 bridgehead atoms. The van der Waals surface area contributed by atoms with E-state index in [1.165, 1.54) is 0 Å². The van der Waals surface area contributed by atoms with Crippen molar-refractivity contribution in [2.24, 2.45) is 0 Å². The molecule has 0 spiro atoms. The van der Waals surface area contributed by atoms with Crippen molar-refractivity contribution in [2.45, 2.75) is 0 Å². The van der Waals surface area contributed by atoms with Crippen molar-refractivity contribution in [1.82, 2.24) is 4.98 Å². The molecule has 1 unspecified atom stereocenters. The van der Waals surface area contributed by atoms with Crippen LogP contribution in [0.5, 0.6) is 0 Å². The fraction of sp³-hybridized carbons (Fsp3) is 0. The standard InChI is InChI=1S/C29H24N3P.C24H20N2/c1-4-12-24(13-5-1)31(25-14-6-2-7-15-25)26-19-21-28(22-20-26)32(27-16-8-3-9-17-27)33-29-18-10-11-23-30-29;1-4-10-20(11-5-1)25-21-16-18-24(19-17-21)26(22-12-6-2-7-13-22)23-14-8-3-9-15-23/h1-23,33H;1-19,25H. The maximum atomic E-state index is 4.56. The highest BCUT2D eigenvalue weighted by Gasteiger charge is 2.15. The molecule has 1 atom stereocenters. The maximum absolute atomic E-state index is 4.56. The molecule has 59 heavy (non-hydrogen) atoms. The summed E-state index contributed by atoms with van der Waals surface area (Å²) >= 11 is 0. The summed E-state index contributed by atoms with van der Waals surface area (Å²) < 4.78 is 2.32. The first-order valence-corrected chi connectivity index (χ1v) is 20.6. The number of benzene rings is 8. The Labute approximate surface area is 349 Å². The van der Waals surface area contributed by atoms with Gasteiger partial charge in [-0.1, -0.05) is 115 Å². The molecule has 5 nitrogen and oxygen atoms in total. The van der Waals surface area contributed by atoms with Crippen molar-refractivity contribution in [2.75, 3.05) is 19.8 Å². The van der Waals surface area contributed by atoms with Crippen LogP contribution in [0, 0.1) is 0 Å². The van der Waals surface area contributed by atoms with Gasteiger partial charge in [0.05, 0.1) is 5.44 Å². The Bertz CT molecular complexity index is 2490. The summed E-state index contributed by atoms with van der Waals surface area (Å²) in [5.41, 5.74) is 12.3. The zero-order valence-electron chi connectivity index (χ0n) is 32.5. The van der Waals surface area contributed by atoms with E-state index in [2.05, 4.69) is 213 Å². The van der Waals surface area contributed by atoms with Crippen molar-refractivity contribution < 1.29 is 0 Å². The second-order valence-electron chi connectivity index (χ2n) is 13.6. The molecule has 1 N–H and O–H groups in total. The normalized spacial score (nSPS) is 10.6. The first kappa shape index (κ1) is 38.4. The highest BCUT2D eigenvalue weighted by Crippen LogP contribution is 2.40. The van der Waals surface area contributed by atoms with Gasteiger partial charge in [-0.25, -0.2) is 0 Å². The molecule has 1 aromatic heterocycles. The minimum atomic E-state index is 0.396. The third-order valence-electron chi connectivity index (χ3n) is 9.52. The highest BCUT2D eigenvalue weighted by molar-refractivity contribution is 7.49. The van der Waals surface area contributed by atoms with Crippen molar-refractivity contribution in [1.29, 1.82) is 0 Å². The van der Waals surface area contributed by atoms with Gasteiger partial charge in [-0.2, -0.15) is 0 Å². The first-order chi connectivity index (χ1) is 29.3. The molecule has 0 aliphatic carbocycles. The predicted molar refractivity (Wildman–Crippen MR) is 253 cm³/mol. The molecule has 0 radical (unpaired) electrons. The predicted octanol–water partition coefficient (Wildman–Crippen LogP) is 14.5. The molecule has 6 heteroatoms. The molecule has 1 heterocycles. The van der Waals surface area contributed by atoms with E-state index in [9.17, 15) is 0 Å². The molecule has 0 fully saturated rings. The quantitative estimate of drug-likeness (QED) is 0.125. The number of nitrogens with zero attached hydrogens (tertiary/aromatic N) is 4. The number of hydrogen-bond acceptors (Lipinski definition) is 5. The molecule has 0 aliphatic heterocycles. The second kappa shape index (κ2) is 19.6. The number of hydrogen-bond donors (Lipinski definition) is 1. The van der Waals surface area contributed by atoms with E-state index >= 15 is 0 Å². The van der Waals surface area contributed by atoms with Crippen LogP contribution in [0.15, 0.2) is 255 Å². The molecule has 9 aromatic rings. The second-order valence-corrected chi connectivity index (χ2v) is 14.7. The molecule has 0 amide bonds. The lowest BCUT2D eigenvalue weighted by molar-refractivity contribution is 1.28. The van der Waals surface area contributed by atoms with Crippen LogP contribution in [-0.4, -0.2) is 4.98 Å². The van der Waals surface area contributed by atoms with E-state index in [0.717, 1.165) is 62.3 Å². The Morgan fingerprint density at radius 2 is 0.593 bits per heavy atom. The van der Waals surface area contributed by atoms with Gasteiger partial charge in [-0.15, -0.1) is 0 Å². The van der Waals surface area contributed by atoms with Crippen LogP contribution in [0.1, 0.15) is 0 Å². The zero-order chi connectivity index (χ0) is 39.9. The molecule has 0 saturated heterocycles. The SMILES string of the molecule is c1ccc(N(Pc2ccccn2)c2ccc(N(c3ccccc3)c3ccccc3)cc2)cc1.c1ccc(Nc2ccc(N(c3ccccc3)c3ccccc3)cc2)cc1. The summed E-state index contributed by atoms with van der Waals surface area (Å²) in [5.74, 6) is 0. The van der Waals surface area contributed by atoms with Gasteiger partial charge in [-0.05, 0) is 133 Å². The summed E-state index contributed by atoms with van der Waals surface area (Å²) in [6.45, 7) is 0. The Kier molecular flexibility index (Phi) is 12.8. The third-order valence-corrected chi connectivity index (χ3v) is 10.8. The van der Waals surface area contributed by atoms with Crippen LogP contribution in [0.3, 0.4) is 0 Å². The first-order valence-electron chi connectivity index (χ1n) is 19.6. The maximum Gasteiger partial charge on any atom is 0.0811 e. The highest BCUT2D eigenvalue weighted by atomic mass is 31.1. The van der Waals surface area contributed by atoms with Gasteiger partial charge < -0.3 is 19.8 Å². The van der Waals surface area contributed by atoms with Gasteiger partial charge in [0.25, 0.3) is 0 Å². The fourth-order valence-electron chi connectivity index (χ4n) is 6.73. The number of anilines is 10. The Morgan fingerprint density at radius 1 is 0.288 bits per heavy atom. The van der Waals surface area contributed by atoms with Crippen molar-refractivity contribution in [3.63, 3.8) is 0 Å². The minimum Gasteiger partial charge on any atom is -0.356 e. The van der Waals surface area contributed by atoms with Crippen LogP contribution in [-0.2, 0) is 0 Å². The molecular weight excluding hydrogens is 738 g/mol. The third kappa shape index (κ3) is 10.1. The van der Waals surface area contributed by atoms with Gasteiger partial charge in [0.1, 0.15) is 0 Å². The Hall–Kier alpha value is -7.46. The Morgan fingerprint density at radius 3 is 1.00 bits per heavy atom. The van der Waals surface area contributed by atoms with Gasteiger partial charge >= 0.3 is 0 Å². The number of aromatic nitrogens is 1. The largest absolute Gasteiger partial charge is 0.356 e. The smallest absolute Gasteiger partial charge is 0.0811 e. The molecule has 9 rings (SSSR count). The van der Waals surface area contributed by atoms with Crippen LogP contribution in [0.25, 0.3) is 0 Å². The minimum absolute atomic E-state index is 0.396. The van der Waals surface area contributed by atoms with Crippen molar-refractivity contribution >= 4 is 71.0 Å². The summed E-state index contributed by atoms with van der Waals surface area (Å²) in [7, 11) is 0.396. The number of nitrogens with one attached hydrogen (secondary N) is 1. The van der Waals surface area contributed by atoms with Gasteiger partial charge in [0, 0.05) is 71.8 Å². The number of para-hydroxylation sites is 6. The molecule has 286 valence electrons. The average Bonchev–Trinajstić information content (AvgIpc) is 3.32. The van der Waals surface area contributed by atoms with E-state index < -0.39 is 0 Å². The van der Waals surface area contributed by atoms with Gasteiger partial charge in [0.2, 0.25) is 0 Å². The van der Waals surface area contributed by atoms with E-state index in [1.54, 1.807) is 0 Å². The van der Waals surface area contributed by atoms with Gasteiger partial charge in [0.15, 0.2) is 0 Å². The van der Waals surface area contributed by atoms with E-state index in [0.29, 0.717) is 8.73 Å². The number of pyridine rings is 1. The molecule has 0 saturated carbocycles. The number of rotatable bonds is 12. The summed E-state index contributed by atoms with van der Waals surface area (Å²) in [5, 5.41) is 3.43. The molecule has 0 aliphatic rings. The lowest BCUT2D eigenvalue weighted by atomic mass is 10.2. The van der Waals surface area contributed by atoms with E-state index in [4.69, 9.17) is 0 Å². The summed E-state index contributed by atoms with van der Waals surface area (Å²) in [6.07, 6.45) is 1.85. The van der Waals surface area contributed by atoms with Crippen LogP contribution >= 0.6 is 8.73 Å². The van der Waals surface area contributed by atoms with Crippen LogP contribution < -0.4 is 25.2 Å². The Balaban J connectivity index is 0.000000169. The van der Waals surface area contributed by atoms with Gasteiger partial charge in [-0.3, -0.25) is 4.98 Å². The zero-order valence-corrected chi connectivity index (χ0v) is 33.5. The van der Waals surface area contributed by atoms with Crippen molar-refractivity contribution in [3.8, 4) is 0 Å². The lowest BCUT2D eigenvalue weighted by Crippen LogP contribution is -2.13. The van der Waals surface area contributed by atoms with Crippen molar-refractivity contribution in [3.05, 3.63) is 255 Å².